The average Bonchev–Trinajstić information content (AvgIpc) is 2.65. The smallest absolute Gasteiger partial charge is 0.233 e. The number of fused-ring (bicyclic) bond motifs is 1. The number of allylic oxidation sites excluding steroid dienone is 2. The van der Waals surface area contributed by atoms with Gasteiger partial charge in [-0.3, -0.25) is 14.5 Å². The number of nitrogens with zero attached hydrogens (tertiary/aromatic N) is 1. The SMILES string of the molecule is O=C1[C@H]2CC=CC[C@H]2C(=O)N1CC1CCCC(O)C1. The van der Waals surface area contributed by atoms with Crippen LogP contribution < -0.4 is 0 Å². The Hall–Kier alpha value is -1.16. The van der Waals surface area contributed by atoms with E-state index in [0.29, 0.717) is 19.4 Å². The lowest BCUT2D eigenvalue weighted by atomic mass is 9.85. The van der Waals surface area contributed by atoms with Gasteiger partial charge in [0.15, 0.2) is 0 Å². The van der Waals surface area contributed by atoms with Crippen molar-refractivity contribution in [2.45, 2.75) is 44.6 Å². The van der Waals surface area contributed by atoms with Crippen LogP contribution in [0.25, 0.3) is 0 Å². The molecule has 2 amide bonds. The average molecular weight is 263 g/mol. The lowest BCUT2D eigenvalue weighted by Crippen LogP contribution is -2.37. The van der Waals surface area contributed by atoms with Crippen LogP contribution in [0, 0.1) is 17.8 Å². The Morgan fingerprint density at radius 3 is 2.32 bits per heavy atom. The molecule has 104 valence electrons. The number of amides is 2. The van der Waals surface area contributed by atoms with Crippen molar-refractivity contribution >= 4 is 11.8 Å². The van der Waals surface area contributed by atoms with Crippen LogP contribution in [0.3, 0.4) is 0 Å². The molecule has 4 atom stereocenters. The van der Waals surface area contributed by atoms with Crippen molar-refractivity contribution in [3.05, 3.63) is 12.2 Å². The Morgan fingerprint density at radius 2 is 1.74 bits per heavy atom. The minimum atomic E-state index is -0.254. The highest BCUT2D eigenvalue weighted by Crippen LogP contribution is 2.36. The molecule has 1 N–H and O–H groups in total. The van der Waals surface area contributed by atoms with E-state index in [0.717, 1.165) is 25.7 Å². The first-order valence-electron chi connectivity index (χ1n) is 7.35. The maximum atomic E-state index is 12.3. The molecular formula is C15H21NO3. The molecule has 4 nitrogen and oxygen atoms in total. The van der Waals surface area contributed by atoms with Gasteiger partial charge >= 0.3 is 0 Å². The van der Waals surface area contributed by atoms with E-state index in [9.17, 15) is 14.7 Å². The van der Waals surface area contributed by atoms with Gasteiger partial charge in [0.2, 0.25) is 11.8 Å². The van der Waals surface area contributed by atoms with Gasteiger partial charge in [-0.1, -0.05) is 18.6 Å². The van der Waals surface area contributed by atoms with Gasteiger partial charge in [-0.05, 0) is 38.0 Å². The monoisotopic (exact) mass is 263 g/mol. The van der Waals surface area contributed by atoms with Gasteiger partial charge in [-0.15, -0.1) is 0 Å². The molecule has 2 fully saturated rings. The number of hydrogen-bond acceptors (Lipinski definition) is 3. The molecule has 2 aliphatic carbocycles. The van der Waals surface area contributed by atoms with Crippen molar-refractivity contribution in [2.24, 2.45) is 17.8 Å². The second kappa shape index (κ2) is 5.08. The summed E-state index contributed by atoms with van der Waals surface area (Å²) in [6, 6.07) is 0. The minimum absolute atomic E-state index is 0.0133. The zero-order valence-electron chi connectivity index (χ0n) is 11.1. The lowest BCUT2D eigenvalue weighted by molar-refractivity contribution is -0.141. The number of rotatable bonds is 2. The van der Waals surface area contributed by atoms with E-state index in [4.69, 9.17) is 0 Å². The van der Waals surface area contributed by atoms with Crippen molar-refractivity contribution in [1.29, 1.82) is 0 Å². The number of imide groups is 1. The van der Waals surface area contributed by atoms with Crippen molar-refractivity contribution in [2.75, 3.05) is 6.54 Å². The van der Waals surface area contributed by atoms with Crippen LogP contribution in [-0.4, -0.2) is 34.5 Å². The Labute approximate surface area is 113 Å². The molecule has 1 heterocycles. The van der Waals surface area contributed by atoms with Crippen molar-refractivity contribution < 1.29 is 14.7 Å². The van der Waals surface area contributed by atoms with Gasteiger partial charge < -0.3 is 5.11 Å². The molecule has 1 aliphatic heterocycles. The minimum Gasteiger partial charge on any atom is -0.393 e. The zero-order chi connectivity index (χ0) is 13.4. The maximum absolute atomic E-state index is 12.3. The van der Waals surface area contributed by atoms with E-state index >= 15 is 0 Å². The Morgan fingerprint density at radius 1 is 1.11 bits per heavy atom. The van der Waals surface area contributed by atoms with Gasteiger partial charge in [0, 0.05) is 6.54 Å². The van der Waals surface area contributed by atoms with E-state index in [1.165, 1.54) is 4.90 Å². The molecule has 1 saturated carbocycles. The third-order valence-electron chi connectivity index (χ3n) is 4.79. The fourth-order valence-electron chi connectivity index (χ4n) is 3.74. The van der Waals surface area contributed by atoms with Crippen LogP contribution in [0.5, 0.6) is 0 Å². The third-order valence-corrected chi connectivity index (χ3v) is 4.79. The molecule has 0 radical (unpaired) electrons. The first kappa shape index (κ1) is 12.9. The van der Waals surface area contributed by atoms with Crippen molar-refractivity contribution in [3.8, 4) is 0 Å². The molecular weight excluding hydrogens is 242 g/mol. The van der Waals surface area contributed by atoms with E-state index in [1.54, 1.807) is 0 Å². The van der Waals surface area contributed by atoms with Gasteiger partial charge in [-0.2, -0.15) is 0 Å². The quantitative estimate of drug-likeness (QED) is 0.606. The van der Waals surface area contributed by atoms with Gasteiger partial charge in [0.25, 0.3) is 0 Å². The molecule has 3 aliphatic rings. The van der Waals surface area contributed by atoms with Crippen molar-refractivity contribution in [3.63, 3.8) is 0 Å². The number of carbonyl (C=O) groups is 2. The Bertz CT molecular complexity index is 392. The molecule has 0 aromatic carbocycles. The highest BCUT2D eigenvalue weighted by Gasteiger charge is 2.47. The molecule has 0 aromatic rings. The van der Waals surface area contributed by atoms with Gasteiger partial charge in [0.05, 0.1) is 17.9 Å². The van der Waals surface area contributed by atoms with Crippen LogP contribution >= 0.6 is 0 Å². The van der Waals surface area contributed by atoms with Gasteiger partial charge in [0.1, 0.15) is 0 Å². The lowest BCUT2D eigenvalue weighted by Gasteiger charge is -2.28. The summed E-state index contributed by atoms with van der Waals surface area (Å²) in [5, 5.41) is 9.69. The van der Waals surface area contributed by atoms with Crippen molar-refractivity contribution in [1.82, 2.24) is 4.90 Å². The molecule has 1 saturated heterocycles. The van der Waals surface area contributed by atoms with E-state index in [1.807, 2.05) is 12.2 Å². The second-order valence-electron chi connectivity index (χ2n) is 6.13. The number of aliphatic hydroxyl groups is 1. The first-order chi connectivity index (χ1) is 9.16. The van der Waals surface area contributed by atoms with Crippen LogP contribution in [0.2, 0.25) is 0 Å². The highest BCUT2D eigenvalue weighted by molar-refractivity contribution is 6.05. The van der Waals surface area contributed by atoms with E-state index in [2.05, 4.69) is 0 Å². The fourth-order valence-corrected chi connectivity index (χ4v) is 3.74. The summed E-state index contributed by atoms with van der Waals surface area (Å²) in [4.78, 5) is 26.1. The van der Waals surface area contributed by atoms with Crippen LogP contribution in [0.4, 0.5) is 0 Å². The zero-order valence-corrected chi connectivity index (χ0v) is 11.1. The highest BCUT2D eigenvalue weighted by atomic mass is 16.3. The summed E-state index contributed by atoms with van der Waals surface area (Å²) in [5.74, 6) is 0.0700. The van der Waals surface area contributed by atoms with E-state index < -0.39 is 0 Å². The molecule has 0 spiro atoms. The molecule has 0 aromatic heterocycles. The number of aliphatic hydroxyl groups excluding tert-OH is 1. The molecule has 19 heavy (non-hydrogen) atoms. The Kier molecular flexibility index (Phi) is 3.44. The molecule has 4 heteroatoms. The Balaban J connectivity index is 1.68. The predicted octanol–water partition coefficient (Wildman–Crippen LogP) is 1.49. The second-order valence-corrected chi connectivity index (χ2v) is 6.13. The van der Waals surface area contributed by atoms with E-state index in [-0.39, 0.29) is 35.7 Å². The summed E-state index contributed by atoms with van der Waals surface area (Å²) in [5.41, 5.74) is 0. The molecule has 0 bridgehead atoms. The summed E-state index contributed by atoms with van der Waals surface area (Å²) >= 11 is 0. The maximum Gasteiger partial charge on any atom is 0.233 e. The number of hydrogen-bond donors (Lipinski definition) is 1. The third kappa shape index (κ3) is 2.34. The van der Waals surface area contributed by atoms with Gasteiger partial charge in [-0.25, -0.2) is 0 Å². The number of carbonyl (C=O) groups excluding carboxylic acids is 2. The van der Waals surface area contributed by atoms with Crippen LogP contribution in [0.15, 0.2) is 12.2 Å². The summed E-state index contributed by atoms with van der Waals surface area (Å²) in [7, 11) is 0. The molecule has 2 unspecified atom stereocenters. The topological polar surface area (TPSA) is 57.6 Å². The molecule has 3 rings (SSSR count). The predicted molar refractivity (Wildman–Crippen MR) is 70.0 cm³/mol. The normalized spacial score (nSPS) is 38.7. The largest absolute Gasteiger partial charge is 0.393 e. The number of likely N-dealkylation sites (tertiary alicyclic amines) is 1. The van der Waals surface area contributed by atoms with Crippen LogP contribution in [0.1, 0.15) is 38.5 Å². The summed E-state index contributed by atoms with van der Waals surface area (Å²) < 4.78 is 0. The summed E-state index contributed by atoms with van der Waals surface area (Å²) in [6.07, 6.45) is 8.78. The first-order valence-corrected chi connectivity index (χ1v) is 7.35. The summed E-state index contributed by atoms with van der Waals surface area (Å²) in [6.45, 7) is 0.516. The standard InChI is InChI=1S/C15H21NO3/c17-11-5-3-4-10(8-11)9-16-14(18)12-6-1-2-7-13(12)15(16)19/h1-2,10-13,17H,3-9H2/t10?,11?,12-,13+. The van der Waals surface area contributed by atoms with Crippen LogP contribution in [-0.2, 0) is 9.59 Å². The fraction of sp³-hybridized carbons (Fsp3) is 0.733.